The second-order valence-corrected chi connectivity index (χ2v) is 1.79. The van der Waals surface area contributed by atoms with Gasteiger partial charge in [-0.1, -0.05) is 6.07 Å². The zero-order valence-corrected chi connectivity index (χ0v) is 7.14. The van der Waals surface area contributed by atoms with Gasteiger partial charge in [0.2, 0.25) is 0 Å². The first-order valence-corrected chi connectivity index (χ1v) is 2.66. The normalized spacial score (nSPS) is 7.91. The predicted molar refractivity (Wildman–Crippen MR) is 34.5 cm³/mol. The summed E-state index contributed by atoms with van der Waals surface area (Å²) >= 11 is 0. The van der Waals surface area contributed by atoms with Crippen LogP contribution in [0.15, 0.2) is 18.2 Å². The minimum Gasteiger partial charge on any atom is -0.504 e. The Morgan fingerprint density at radius 1 is 1.27 bits per heavy atom. The number of hydrogen-bond acceptors (Lipinski definition) is 3. The van der Waals surface area contributed by atoms with Gasteiger partial charge in [0.15, 0.2) is 11.5 Å². The van der Waals surface area contributed by atoms with Gasteiger partial charge in [-0.15, -0.1) is 0 Å². The Balaban J connectivity index is 0.000001000. The molecule has 0 amide bonds. The first-order valence-electron chi connectivity index (χ1n) is 2.66. The van der Waals surface area contributed by atoms with Crippen molar-refractivity contribution in [2.75, 3.05) is 0 Å². The van der Waals surface area contributed by atoms with E-state index in [0.29, 0.717) is 0 Å². The standard InChI is InChI=1S/C7H5NO2.Ti/c8-4-5-2-1-3-6(9)7(5)10;/h1-3,9-10H;. The summed E-state index contributed by atoms with van der Waals surface area (Å²) in [5.41, 5.74) is 0.0833. The van der Waals surface area contributed by atoms with Gasteiger partial charge >= 0.3 is 0 Å². The quantitative estimate of drug-likeness (QED) is 0.465. The third-order valence-electron chi connectivity index (χ3n) is 1.14. The maximum Gasteiger partial charge on any atom is 0.175 e. The topological polar surface area (TPSA) is 64.2 Å². The molecule has 0 bridgehead atoms. The van der Waals surface area contributed by atoms with Gasteiger partial charge in [0, 0.05) is 21.7 Å². The van der Waals surface area contributed by atoms with E-state index in [1.807, 2.05) is 0 Å². The van der Waals surface area contributed by atoms with E-state index in [0.717, 1.165) is 0 Å². The first-order chi connectivity index (χ1) is 4.75. The van der Waals surface area contributed by atoms with Crippen molar-refractivity contribution in [3.05, 3.63) is 23.8 Å². The summed E-state index contributed by atoms with van der Waals surface area (Å²) in [5.74, 6) is -0.621. The summed E-state index contributed by atoms with van der Waals surface area (Å²) in [7, 11) is 0. The zero-order chi connectivity index (χ0) is 7.56. The van der Waals surface area contributed by atoms with Gasteiger partial charge in [0.25, 0.3) is 0 Å². The molecule has 0 atom stereocenters. The van der Waals surface area contributed by atoms with Crippen LogP contribution in [0.4, 0.5) is 0 Å². The van der Waals surface area contributed by atoms with Gasteiger partial charge in [-0.25, -0.2) is 0 Å². The molecule has 1 rings (SSSR count). The average Bonchev–Trinajstić information content (AvgIpc) is 1.95. The third-order valence-corrected chi connectivity index (χ3v) is 1.14. The van der Waals surface area contributed by atoms with Gasteiger partial charge in [-0.2, -0.15) is 5.26 Å². The summed E-state index contributed by atoms with van der Waals surface area (Å²) < 4.78 is 0. The Bertz CT molecular complexity index is 293. The van der Waals surface area contributed by atoms with Crippen LogP contribution in [0.2, 0.25) is 0 Å². The smallest absolute Gasteiger partial charge is 0.175 e. The Morgan fingerprint density at radius 2 is 1.91 bits per heavy atom. The van der Waals surface area contributed by atoms with E-state index in [-0.39, 0.29) is 38.8 Å². The summed E-state index contributed by atoms with van der Waals surface area (Å²) in [4.78, 5) is 0. The number of phenolic OH excluding ortho intramolecular Hbond substituents is 2. The Labute approximate surface area is 78.8 Å². The van der Waals surface area contributed by atoms with Crippen LogP contribution in [0.3, 0.4) is 0 Å². The van der Waals surface area contributed by atoms with Crippen LogP contribution < -0.4 is 0 Å². The van der Waals surface area contributed by atoms with E-state index in [2.05, 4.69) is 0 Å². The number of nitriles is 1. The van der Waals surface area contributed by atoms with Crippen LogP contribution >= 0.6 is 0 Å². The van der Waals surface area contributed by atoms with E-state index in [4.69, 9.17) is 15.5 Å². The number of aromatic hydroxyl groups is 2. The van der Waals surface area contributed by atoms with Crippen molar-refractivity contribution in [3.8, 4) is 17.6 Å². The number of phenols is 2. The molecule has 2 N–H and O–H groups in total. The van der Waals surface area contributed by atoms with Crippen molar-refractivity contribution in [3.63, 3.8) is 0 Å². The van der Waals surface area contributed by atoms with Gasteiger partial charge < -0.3 is 10.2 Å². The fourth-order valence-electron chi connectivity index (χ4n) is 0.622. The van der Waals surface area contributed by atoms with Crippen molar-refractivity contribution in [2.24, 2.45) is 0 Å². The van der Waals surface area contributed by atoms with Gasteiger partial charge in [-0.05, 0) is 12.1 Å². The van der Waals surface area contributed by atoms with Crippen LogP contribution in [0.5, 0.6) is 11.5 Å². The second-order valence-electron chi connectivity index (χ2n) is 1.79. The second kappa shape index (κ2) is 4.02. The van der Waals surface area contributed by atoms with Crippen LogP contribution in [0.25, 0.3) is 0 Å². The molecule has 0 radical (unpaired) electrons. The van der Waals surface area contributed by atoms with Crippen LogP contribution in [0, 0.1) is 11.3 Å². The van der Waals surface area contributed by atoms with Crippen LogP contribution in [-0.2, 0) is 21.7 Å². The molecule has 1 aromatic rings. The number of para-hydroxylation sites is 1. The molecular weight excluding hydrogens is 178 g/mol. The molecule has 1 aromatic carbocycles. The summed E-state index contributed by atoms with van der Waals surface area (Å²) in [6.45, 7) is 0. The van der Waals surface area contributed by atoms with Gasteiger partial charge in [-0.3, -0.25) is 0 Å². The predicted octanol–water partition coefficient (Wildman–Crippen LogP) is 0.967. The molecule has 0 aliphatic heterocycles. The maximum atomic E-state index is 8.93. The number of rotatable bonds is 0. The molecule has 0 fully saturated rings. The van der Waals surface area contributed by atoms with E-state index >= 15 is 0 Å². The number of benzene rings is 1. The molecule has 0 spiro atoms. The van der Waals surface area contributed by atoms with E-state index in [1.54, 1.807) is 6.07 Å². The van der Waals surface area contributed by atoms with E-state index in [9.17, 15) is 0 Å². The molecular formula is C7H5NO2Ti. The molecule has 11 heavy (non-hydrogen) atoms. The number of nitrogens with zero attached hydrogens (tertiary/aromatic N) is 1. The maximum absolute atomic E-state index is 8.93. The molecule has 54 valence electrons. The van der Waals surface area contributed by atoms with Crippen molar-refractivity contribution < 1.29 is 31.9 Å². The van der Waals surface area contributed by atoms with Crippen LogP contribution in [-0.4, -0.2) is 10.2 Å². The molecule has 0 aliphatic carbocycles. The Kier molecular flexibility index (Phi) is 3.66. The van der Waals surface area contributed by atoms with Crippen molar-refractivity contribution in [1.82, 2.24) is 0 Å². The molecule has 0 heterocycles. The molecule has 0 unspecified atom stereocenters. The Hall–Kier alpha value is -0.976. The molecule has 0 aliphatic rings. The summed E-state index contributed by atoms with van der Waals surface area (Å²) in [6, 6.07) is 5.96. The molecule has 0 saturated carbocycles. The Morgan fingerprint density at radius 3 is 2.36 bits per heavy atom. The molecule has 4 heteroatoms. The fourth-order valence-corrected chi connectivity index (χ4v) is 0.622. The average molecular weight is 183 g/mol. The largest absolute Gasteiger partial charge is 0.504 e. The summed E-state index contributed by atoms with van der Waals surface area (Å²) in [6.07, 6.45) is 0. The van der Waals surface area contributed by atoms with Crippen molar-refractivity contribution in [1.29, 1.82) is 5.26 Å². The molecule has 0 aromatic heterocycles. The summed E-state index contributed by atoms with van der Waals surface area (Å²) in [5, 5.41) is 26.1. The van der Waals surface area contributed by atoms with Gasteiger partial charge in [0.1, 0.15) is 6.07 Å². The monoisotopic (exact) mass is 183 g/mol. The molecule has 0 saturated heterocycles. The first kappa shape index (κ1) is 10.0. The zero-order valence-electron chi connectivity index (χ0n) is 5.57. The molecule has 3 nitrogen and oxygen atoms in total. The minimum absolute atomic E-state index is 0. The fraction of sp³-hybridized carbons (Fsp3) is 0. The third kappa shape index (κ3) is 1.97. The number of hydrogen-bond donors (Lipinski definition) is 2. The van der Waals surface area contributed by atoms with Crippen LogP contribution in [0.1, 0.15) is 5.56 Å². The minimum atomic E-state index is -0.356. The van der Waals surface area contributed by atoms with E-state index < -0.39 is 0 Å². The van der Waals surface area contributed by atoms with Gasteiger partial charge in [0.05, 0.1) is 5.56 Å². The van der Waals surface area contributed by atoms with E-state index in [1.165, 1.54) is 18.2 Å². The SMILES string of the molecule is N#Cc1cccc(O)c1O.[Ti]. The van der Waals surface area contributed by atoms with Crippen molar-refractivity contribution in [2.45, 2.75) is 0 Å². The van der Waals surface area contributed by atoms with Crippen molar-refractivity contribution >= 4 is 0 Å².